The minimum absolute atomic E-state index is 0.959. The van der Waals surface area contributed by atoms with E-state index < -0.39 is 0 Å². The molecular formula is C15H24N2. The predicted octanol–water partition coefficient (Wildman–Crippen LogP) is 2.90. The van der Waals surface area contributed by atoms with Crippen molar-refractivity contribution in [1.29, 1.82) is 0 Å². The van der Waals surface area contributed by atoms with Crippen LogP contribution in [0.15, 0.2) is 30.3 Å². The average molecular weight is 232 g/mol. The van der Waals surface area contributed by atoms with Crippen LogP contribution in [0.5, 0.6) is 0 Å². The van der Waals surface area contributed by atoms with Gasteiger partial charge >= 0.3 is 0 Å². The van der Waals surface area contributed by atoms with Crippen LogP contribution in [0.4, 0.5) is 5.69 Å². The zero-order valence-electron chi connectivity index (χ0n) is 10.9. The Kier molecular flexibility index (Phi) is 4.87. The highest BCUT2D eigenvalue weighted by Gasteiger charge is 2.12. The summed E-state index contributed by atoms with van der Waals surface area (Å²) >= 11 is 0. The molecule has 0 atom stereocenters. The summed E-state index contributed by atoms with van der Waals surface area (Å²) in [6.45, 7) is 3.62. The molecule has 0 amide bonds. The van der Waals surface area contributed by atoms with Gasteiger partial charge in [0.15, 0.2) is 0 Å². The normalized spacial score (nSPS) is 17.0. The Morgan fingerprint density at radius 3 is 2.59 bits per heavy atom. The minimum Gasteiger partial charge on any atom is -0.375 e. The summed E-state index contributed by atoms with van der Waals surface area (Å²) in [5.74, 6) is 0.959. The Morgan fingerprint density at radius 2 is 1.88 bits per heavy atom. The molecule has 0 aromatic heterocycles. The molecule has 94 valence electrons. The monoisotopic (exact) mass is 232 g/mol. The first-order valence-corrected chi connectivity index (χ1v) is 6.83. The molecule has 1 fully saturated rings. The molecule has 0 unspecified atom stereocenters. The Bertz CT molecular complexity index is 304. The van der Waals surface area contributed by atoms with Gasteiger partial charge in [-0.1, -0.05) is 18.2 Å². The van der Waals surface area contributed by atoms with Crippen LogP contribution in [0.3, 0.4) is 0 Å². The summed E-state index contributed by atoms with van der Waals surface area (Å²) in [5, 5.41) is 3.43. The topological polar surface area (TPSA) is 15.3 Å². The molecule has 1 aromatic rings. The fourth-order valence-electron chi connectivity index (χ4n) is 2.60. The molecule has 2 nitrogen and oxygen atoms in total. The highest BCUT2D eigenvalue weighted by atomic mass is 15.1. The van der Waals surface area contributed by atoms with E-state index in [0.717, 1.165) is 5.92 Å². The molecule has 2 heteroatoms. The van der Waals surface area contributed by atoms with Gasteiger partial charge < -0.3 is 10.2 Å². The van der Waals surface area contributed by atoms with E-state index >= 15 is 0 Å². The number of anilines is 1. The molecule has 0 bridgehead atoms. The number of nitrogens with zero attached hydrogens (tertiary/aromatic N) is 1. The quantitative estimate of drug-likeness (QED) is 0.839. The third-order valence-electron chi connectivity index (χ3n) is 3.76. The molecule has 0 radical (unpaired) electrons. The number of rotatable bonds is 5. The van der Waals surface area contributed by atoms with Gasteiger partial charge in [-0.3, -0.25) is 0 Å². The summed E-state index contributed by atoms with van der Waals surface area (Å²) < 4.78 is 0. The van der Waals surface area contributed by atoms with E-state index in [1.54, 1.807) is 0 Å². The van der Waals surface area contributed by atoms with Gasteiger partial charge in [-0.25, -0.2) is 0 Å². The van der Waals surface area contributed by atoms with Crippen molar-refractivity contribution in [2.45, 2.75) is 25.7 Å². The molecule has 1 heterocycles. The standard InChI is InChI=1S/C15H24N2/c1-17(15-7-3-2-4-8-15)13-5-6-14-9-11-16-12-10-14/h2-4,7-8,14,16H,5-6,9-13H2,1H3. The second-order valence-corrected chi connectivity index (χ2v) is 5.09. The van der Waals surface area contributed by atoms with Crippen molar-refractivity contribution in [1.82, 2.24) is 5.32 Å². The summed E-state index contributed by atoms with van der Waals surface area (Å²) in [6, 6.07) is 10.7. The number of hydrogen-bond donors (Lipinski definition) is 1. The van der Waals surface area contributed by atoms with E-state index in [9.17, 15) is 0 Å². The molecular weight excluding hydrogens is 208 g/mol. The Hall–Kier alpha value is -1.02. The maximum Gasteiger partial charge on any atom is 0.0363 e. The van der Waals surface area contributed by atoms with Crippen LogP contribution < -0.4 is 10.2 Å². The van der Waals surface area contributed by atoms with Crippen molar-refractivity contribution in [2.75, 3.05) is 31.6 Å². The highest BCUT2D eigenvalue weighted by molar-refractivity contribution is 5.44. The smallest absolute Gasteiger partial charge is 0.0363 e. The molecule has 1 aliphatic rings. The van der Waals surface area contributed by atoms with Gasteiger partial charge in [0, 0.05) is 19.3 Å². The van der Waals surface area contributed by atoms with Gasteiger partial charge in [-0.15, -0.1) is 0 Å². The van der Waals surface area contributed by atoms with Crippen molar-refractivity contribution in [3.8, 4) is 0 Å². The SMILES string of the molecule is CN(CCCC1CCNCC1)c1ccccc1. The van der Waals surface area contributed by atoms with Crippen LogP contribution in [0.1, 0.15) is 25.7 Å². The Morgan fingerprint density at radius 1 is 1.18 bits per heavy atom. The second kappa shape index (κ2) is 6.65. The maximum absolute atomic E-state index is 3.43. The summed E-state index contributed by atoms with van der Waals surface area (Å²) in [6.07, 6.45) is 5.44. The van der Waals surface area contributed by atoms with Crippen LogP contribution in [0, 0.1) is 5.92 Å². The second-order valence-electron chi connectivity index (χ2n) is 5.09. The maximum atomic E-state index is 3.43. The Labute approximate surface area is 105 Å². The van der Waals surface area contributed by atoms with E-state index in [0.29, 0.717) is 0 Å². The first-order chi connectivity index (χ1) is 8.36. The molecule has 1 saturated heterocycles. The zero-order valence-corrected chi connectivity index (χ0v) is 10.9. The number of hydrogen-bond acceptors (Lipinski definition) is 2. The largest absolute Gasteiger partial charge is 0.375 e. The van der Waals surface area contributed by atoms with Gasteiger partial charge in [0.2, 0.25) is 0 Å². The van der Waals surface area contributed by atoms with Gasteiger partial charge in [-0.05, 0) is 56.8 Å². The van der Waals surface area contributed by atoms with Crippen molar-refractivity contribution < 1.29 is 0 Å². The van der Waals surface area contributed by atoms with Crippen LogP contribution in [-0.2, 0) is 0 Å². The summed E-state index contributed by atoms with van der Waals surface area (Å²) in [5.41, 5.74) is 1.33. The molecule has 0 aliphatic carbocycles. The molecule has 17 heavy (non-hydrogen) atoms. The zero-order chi connectivity index (χ0) is 11.9. The third kappa shape index (κ3) is 4.04. The molecule has 1 N–H and O–H groups in total. The lowest BCUT2D eigenvalue weighted by Gasteiger charge is -2.24. The average Bonchev–Trinajstić information content (AvgIpc) is 2.41. The number of benzene rings is 1. The van der Waals surface area contributed by atoms with Crippen LogP contribution in [0.25, 0.3) is 0 Å². The fraction of sp³-hybridized carbons (Fsp3) is 0.600. The third-order valence-corrected chi connectivity index (χ3v) is 3.76. The molecule has 0 saturated carbocycles. The van der Waals surface area contributed by atoms with Crippen molar-refractivity contribution in [3.05, 3.63) is 30.3 Å². The minimum atomic E-state index is 0.959. The highest BCUT2D eigenvalue weighted by Crippen LogP contribution is 2.19. The van der Waals surface area contributed by atoms with Crippen LogP contribution >= 0.6 is 0 Å². The van der Waals surface area contributed by atoms with Gasteiger partial charge in [-0.2, -0.15) is 0 Å². The van der Waals surface area contributed by atoms with Gasteiger partial charge in [0.1, 0.15) is 0 Å². The van der Waals surface area contributed by atoms with Crippen molar-refractivity contribution in [2.24, 2.45) is 5.92 Å². The van der Waals surface area contributed by atoms with Crippen molar-refractivity contribution >= 4 is 5.69 Å². The van der Waals surface area contributed by atoms with E-state index in [2.05, 4.69) is 47.6 Å². The van der Waals surface area contributed by atoms with Crippen LogP contribution in [0.2, 0.25) is 0 Å². The van der Waals surface area contributed by atoms with E-state index in [1.807, 2.05) is 0 Å². The first kappa shape index (κ1) is 12.4. The lowest BCUT2D eigenvalue weighted by molar-refractivity contribution is 0.348. The fourth-order valence-corrected chi connectivity index (χ4v) is 2.60. The first-order valence-electron chi connectivity index (χ1n) is 6.83. The van der Waals surface area contributed by atoms with E-state index in [1.165, 1.54) is 51.0 Å². The Balaban J connectivity index is 1.67. The van der Waals surface area contributed by atoms with E-state index in [4.69, 9.17) is 0 Å². The summed E-state index contributed by atoms with van der Waals surface area (Å²) in [7, 11) is 2.19. The van der Waals surface area contributed by atoms with Gasteiger partial charge in [0.05, 0.1) is 0 Å². The lowest BCUT2D eigenvalue weighted by atomic mass is 9.93. The molecule has 0 spiro atoms. The number of nitrogens with one attached hydrogen (secondary N) is 1. The predicted molar refractivity (Wildman–Crippen MR) is 74.5 cm³/mol. The van der Waals surface area contributed by atoms with E-state index in [-0.39, 0.29) is 0 Å². The van der Waals surface area contributed by atoms with Crippen LogP contribution in [-0.4, -0.2) is 26.7 Å². The lowest BCUT2D eigenvalue weighted by Crippen LogP contribution is -2.28. The number of piperidine rings is 1. The summed E-state index contributed by atoms with van der Waals surface area (Å²) in [4.78, 5) is 2.36. The number of para-hydroxylation sites is 1. The molecule has 2 rings (SSSR count). The van der Waals surface area contributed by atoms with Crippen molar-refractivity contribution in [3.63, 3.8) is 0 Å². The van der Waals surface area contributed by atoms with Gasteiger partial charge in [0.25, 0.3) is 0 Å². The molecule has 1 aliphatic heterocycles. The molecule has 1 aromatic carbocycles.